The molecule has 6 nitrogen and oxygen atoms in total. The number of rotatable bonds is 7. The zero-order valence-corrected chi connectivity index (χ0v) is 27.8. The summed E-state index contributed by atoms with van der Waals surface area (Å²) in [6.45, 7) is 0. The number of hydrogen-bond acceptors (Lipinski definition) is 7. The van der Waals surface area contributed by atoms with Crippen LogP contribution in [0.4, 0.5) is 4.39 Å². The van der Waals surface area contributed by atoms with Crippen molar-refractivity contribution in [2.45, 2.75) is 9.79 Å². The predicted octanol–water partition coefficient (Wildman–Crippen LogP) is 11.2. The lowest BCUT2D eigenvalue weighted by molar-refractivity contribution is 0.628. The van der Waals surface area contributed by atoms with Gasteiger partial charge >= 0.3 is 0 Å². The van der Waals surface area contributed by atoms with Crippen LogP contribution in [0.1, 0.15) is 0 Å². The highest BCUT2D eigenvalue weighted by atomic mass is 32.2. The topological polar surface area (TPSA) is 77.6 Å². The normalized spacial score (nSPS) is 11.3. The molecule has 9 rings (SSSR count). The second kappa shape index (κ2) is 13.1. The van der Waals surface area contributed by atoms with E-state index in [2.05, 4.69) is 6.07 Å². The lowest BCUT2D eigenvalue weighted by atomic mass is 10.1. The van der Waals surface area contributed by atoms with Crippen molar-refractivity contribution >= 4 is 33.7 Å². The quantitative estimate of drug-likeness (QED) is 0.166. The molecule has 0 unspecified atom stereocenters. The van der Waals surface area contributed by atoms with Gasteiger partial charge in [0.25, 0.3) is 0 Å². The molecule has 0 aliphatic heterocycles. The van der Waals surface area contributed by atoms with E-state index in [1.807, 2.05) is 128 Å². The first kappa shape index (κ1) is 30.5. The molecule has 0 atom stereocenters. The van der Waals surface area contributed by atoms with Crippen molar-refractivity contribution in [3.63, 3.8) is 0 Å². The average molecular weight is 680 g/mol. The zero-order valence-electron chi connectivity index (χ0n) is 26.9. The molecule has 0 aliphatic rings. The van der Waals surface area contributed by atoms with Gasteiger partial charge in [0.2, 0.25) is 0 Å². The zero-order chi connectivity index (χ0) is 34.1. The maximum atomic E-state index is 13.9. The largest absolute Gasteiger partial charge is 0.455 e. The van der Waals surface area contributed by atoms with Crippen LogP contribution in [0.15, 0.2) is 172 Å². The molecule has 9 aromatic rings. The highest BCUT2D eigenvalue weighted by Gasteiger charge is 2.19. The molecule has 3 heterocycles. The maximum Gasteiger partial charge on any atom is 0.164 e. The number of halogens is 1. The Morgan fingerprint density at radius 2 is 1.10 bits per heavy atom. The van der Waals surface area contributed by atoms with E-state index >= 15 is 0 Å². The highest BCUT2D eigenvalue weighted by molar-refractivity contribution is 7.99. The third-order valence-electron chi connectivity index (χ3n) is 8.54. The van der Waals surface area contributed by atoms with Gasteiger partial charge in [-0.2, -0.15) is 0 Å². The number of nitrogens with zero attached hydrogens (tertiary/aromatic N) is 5. The summed E-state index contributed by atoms with van der Waals surface area (Å²) in [5.41, 5.74) is 6.30. The molecule has 0 saturated carbocycles. The summed E-state index contributed by atoms with van der Waals surface area (Å²) in [6.07, 6.45) is 1.83. The summed E-state index contributed by atoms with van der Waals surface area (Å²) in [5.74, 6) is 1.97. The first-order valence-corrected chi connectivity index (χ1v) is 17.2. The minimum atomic E-state index is -0.304. The van der Waals surface area contributed by atoms with E-state index in [9.17, 15) is 4.39 Å². The fourth-order valence-electron chi connectivity index (χ4n) is 6.06. The van der Waals surface area contributed by atoms with Gasteiger partial charge < -0.3 is 4.42 Å². The highest BCUT2D eigenvalue weighted by Crippen LogP contribution is 2.39. The van der Waals surface area contributed by atoms with Crippen molar-refractivity contribution in [3.05, 3.63) is 164 Å². The van der Waals surface area contributed by atoms with Gasteiger partial charge in [-0.3, -0.25) is 0 Å². The van der Waals surface area contributed by atoms with Gasteiger partial charge in [-0.05, 0) is 60.7 Å². The number of hydrogen-bond donors (Lipinski definition) is 0. The van der Waals surface area contributed by atoms with Crippen molar-refractivity contribution in [3.8, 4) is 56.8 Å². The summed E-state index contributed by atoms with van der Waals surface area (Å²) in [5, 5.41) is 1.84. The van der Waals surface area contributed by atoms with Crippen LogP contribution < -0.4 is 0 Å². The Balaban J connectivity index is 1.16. The molecule has 242 valence electrons. The number of aromatic nitrogens is 5. The molecule has 8 heteroatoms. The second-order valence-corrected chi connectivity index (χ2v) is 13.0. The summed E-state index contributed by atoms with van der Waals surface area (Å²) in [6, 6.07) is 48.3. The first-order chi connectivity index (χ1) is 25.2. The Morgan fingerprint density at radius 1 is 0.490 bits per heavy atom. The fourth-order valence-corrected chi connectivity index (χ4v) is 6.97. The van der Waals surface area contributed by atoms with Crippen LogP contribution in [0.2, 0.25) is 0 Å². The minimum Gasteiger partial charge on any atom is -0.455 e. The van der Waals surface area contributed by atoms with Crippen LogP contribution in [0.5, 0.6) is 0 Å². The summed E-state index contributed by atoms with van der Waals surface area (Å²) < 4.78 is 20.5. The van der Waals surface area contributed by atoms with E-state index in [1.54, 1.807) is 23.9 Å². The molecule has 51 heavy (non-hydrogen) atoms. The van der Waals surface area contributed by atoms with E-state index in [-0.39, 0.29) is 5.82 Å². The van der Waals surface area contributed by atoms with Gasteiger partial charge in [0.15, 0.2) is 23.3 Å². The number of para-hydroxylation sites is 1. The number of fused-ring (bicyclic) bond motifs is 3. The van der Waals surface area contributed by atoms with Crippen LogP contribution in [0, 0.1) is 5.82 Å². The molecule has 0 spiro atoms. The second-order valence-electron chi connectivity index (χ2n) is 11.9. The van der Waals surface area contributed by atoms with Gasteiger partial charge in [0, 0.05) is 44.1 Å². The van der Waals surface area contributed by atoms with Gasteiger partial charge in [-0.15, -0.1) is 0 Å². The van der Waals surface area contributed by atoms with Crippen molar-refractivity contribution in [2.75, 3.05) is 0 Å². The summed E-state index contributed by atoms with van der Waals surface area (Å²) in [7, 11) is 0. The van der Waals surface area contributed by atoms with Gasteiger partial charge in [-0.1, -0.05) is 103 Å². The third kappa shape index (κ3) is 6.02. The van der Waals surface area contributed by atoms with Crippen molar-refractivity contribution in [2.24, 2.45) is 0 Å². The molecule has 6 aromatic carbocycles. The van der Waals surface area contributed by atoms with E-state index < -0.39 is 0 Å². The third-order valence-corrected chi connectivity index (χ3v) is 9.57. The maximum absolute atomic E-state index is 13.9. The molecular formula is C43H26FN5OS. The molecule has 0 radical (unpaired) electrons. The van der Waals surface area contributed by atoms with Crippen LogP contribution >= 0.6 is 11.8 Å². The summed E-state index contributed by atoms with van der Waals surface area (Å²) in [4.78, 5) is 26.5. The van der Waals surface area contributed by atoms with Crippen LogP contribution in [0.25, 0.3) is 78.7 Å². The van der Waals surface area contributed by atoms with Crippen LogP contribution in [-0.4, -0.2) is 24.9 Å². The predicted molar refractivity (Wildman–Crippen MR) is 200 cm³/mol. The Labute approximate surface area is 296 Å². The van der Waals surface area contributed by atoms with Crippen molar-refractivity contribution < 1.29 is 8.81 Å². The van der Waals surface area contributed by atoms with Gasteiger partial charge in [0.05, 0.1) is 16.2 Å². The SMILES string of the molecule is Fc1ccc(-c2nc(-c3cccc4c3oc3ccc(-c5nc(-c6ccccc6)nc(-c6ccccc6)n5)cc34)ncc2Sc2ccccc2)cc1. The Morgan fingerprint density at radius 3 is 1.76 bits per heavy atom. The lowest BCUT2D eigenvalue weighted by Crippen LogP contribution is -2.00. The standard InChI is InChI=1S/C43H26FN5OS/c44-31-22-19-27(20-23-31)38-37(51-32-15-8-3-9-16-32)26-45-43(46-38)34-18-10-17-33-35-25-30(21-24-36(35)50-39(33)34)42-48-40(28-11-4-1-5-12-28)47-41(49-42)29-13-6-2-7-14-29/h1-26H. The molecule has 0 bridgehead atoms. The van der Waals surface area contributed by atoms with Crippen molar-refractivity contribution in [1.29, 1.82) is 0 Å². The molecule has 3 aromatic heterocycles. The molecule has 0 N–H and O–H groups in total. The molecule has 0 aliphatic carbocycles. The van der Waals surface area contributed by atoms with E-state index in [4.69, 9.17) is 29.3 Å². The van der Waals surface area contributed by atoms with E-state index in [1.165, 1.54) is 12.1 Å². The Kier molecular flexibility index (Phi) is 7.83. The molecule has 0 fully saturated rings. The van der Waals surface area contributed by atoms with Crippen LogP contribution in [-0.2, 0) is 0 Å². The fraction of sp³-hybridized carbons (Fsp3) is 0. The van der Waals surface area contributed by atoms with Gasteiger partial charge in [-0.25, -0.2) is 29.3 Å². The smallest absolute Gasteiger partial charge is 0.164 e. The minimum absolute atomic E-state index is 0.304. The average Bonchev–Trinajstić information content (AvgIpc) is 3.58. The number of furan rings is 1. The first-order valence-electron chi connectivity index (χ1n) is 16.4. The Hall–Kier alpha value is -6.51. The molecular weight excluding hydrogens is 654 g/mol. The molecule has 0 saturated heterocycles. The summed E-state index contributed by atoms with van der Waals surface area (Å²) >= 11 is 1.56. The van der Waals surface area contributed by atoms with Crippen LogP contribution in [0.3, 0.4) is 0 Å². The number of benzene rings is 6. The van der Waals surface area contributed by atoms with E-state index in [0.29, 0.717) is 34.6 Å². The van der Waals surface area contributed by atoms with Crippen molar-refractivity contribution in [1.82, 2.24) is 24.9 Å². The van der Waals surface area contributed by atoms with Gasteiger partial charge in [0.1, 0.15) is 17.0 Å². The lowest BCUT2D eigenvalue weighted by Gasteiger charge is -2.11. The monoisotopic (exact) mass is 679 g/mol. The Bertz CT molecular complexity index is 2610. The molecule has 0 amide bonds. The van der Waals surface area contributed by atoms with E-state index in [0.717, 1.165) is 54.0 Å².